The molecular weight excluding hydrogens is 495 g/mol. The first-order valence-electron chi connectivity index (χ1n) is 15.4. The standard InChI is InChI=1S/C36H51O2P/c1-5-7-9-11-18-28(3)26-30-20-13-15-22-32(30)34-24-17-25-35(39(37)38)36(34)33-23-16-14-21-31(33)27-29(4)19-12-10-8-6-2/h13-17,20-25,28-29,37-38H,5-12,18-19,26-27H2,1-4H3. The van der Waals surface area contributed by atoms with Crippen LogP contribution in [0.5, 0.6) is 0 Å². The molecule has 0 heterocycles. The van der Waals surface area contributed by atoms with E-state index in [1.807, 2.05) is 12.1 Å². The van der Waals surface area contributed by atoms with Gasteiger partial charge in [-0.05, 0) is 58.6 Å². The Morgan fingerprint density at radius 3 is 1.59 bits per heavy atom. The van der Waals surface area contributed by atoms with Crippen LogP contribution < -0.4 is 5.30 Å². The summed E-state index contributed by atoms with van der Waals surface area (Å²) < 4.78 is 0. The van der Waals surface area contributed by atoms with E-state index in [4.69, 9.17) is 0 Å². The van der Waals surface area contributed by atoms with Crippen LogP contribution in [0.3, 0.4) is 0 Å². The van der Waals surface area contributed by atoms with Gasteiger partial charge < -0.3 is 9.79 Å². The summed E-state index contributed by atoms with van der Waals surface area (Å²) in [6.45, 7) is 9.26. The third kappa shape index (κ3) is 9.56. The second-order valence-corrected chi connectivity index (χ2v) is 12.7. The Bertz CT molecular complexity index is 1120. The SMILES string of the molecule is CCCCCCC(C)Cc1ccccc1-c1cccc(P(O)O)c1-c1ccccc1CC(C)CCCCCC. The minimum Gasteiger partial charge on any atom is -0.347 e. The van der Waals surface area contributed by atoms with Gasteiger partial charge >= 0.3 is 0 Å². The Morgan fingerprint density at radius 1 is 0.564 bits per heavy atom. The van der Waals surface area contributed by atoms with Crippen molar-refractivity contribution < 1.29 is 9.79 Å². The first-order chi connectivity index (χ1) is 19.0. The summed E-state index contributed by atoms with van der Waals surface area (Å²) in [7, 11) is -2.23. The van der Waals surface area contributed by atoms with Crippen molar-refractivity contribution in [1.82, 2.24) is 0 Å². The van der Waals surface area contributed by atoms with Gasteiger partial charge in [0.05, 0.1) is 0 Å². The lowest BCUT2D eigenvalue weighted by Gasteiger charge is -2.22. The van der Waals surface area contributed by atoms with Crippen LogP contribution in [-0.4, -0.2) is 9.79 Å². The second kappa shape index (κ2) is 17.0. The zero-order valence-electron chi connectivity index (χ0n) is 24.8. The minimum absolute atomic E-state index is 0.587. The van der Waals surface area contributed by atoms with Crippen LogP contribution >= 0.6 is 8.38 Å². The van der Waals surface area contributed by atoms with E-state index in [9.17, 15) is 9.79 Å². The molecule has 3 aromatic carbocycles. The van der Waals surface area contributed by atoms with Crippen LogP contribution in [0, 0.1) is 11.8 Å². The summed E-state index contributed by atoms with van der Waals surface area (Å²) in [4.78, 5) is 21.1. The molecule has 0 spiro atoms. The maximum absolute atomic E-state index is 10.6. The molecule has 2 atom stereocenters. The predicted octanol–water partition coefficient (Wildman–Crippen LogP) is 10.2. The molecule has 2 nitrogen and oxygen atoms in total. The van der Waals surface area contributed by atoms with E-state index < -0.39 is 8.38 Å². The van der Waals surface area contributed by atoms with E-state index in [0.717, 1.165) is 29.5 Å². The molecule has 0 aliphatic heterocycles. The molecule has 0 bridgehead atoms. The van der Waals surface area contributed by atoms with E-state index in [1.54, 1.807) is 0 Å². The molecule has 2 N–H and O–H groups in total. The Morgan fingerprint density at radius 2 is 1.05 bits per heavy atom. The molecule has 0 aromatic heterocycles. The first-order valence-corrected chi connectivity index (χ1v) is 16.7. The van der Waals surface area contributed by atoms with E-state index in [0.29, 0.717) is 17.1 Å². The molecule has 0 saturated carbocycles. The summed E-state index contributed by atoms with van der Waals surface area (Å²) in [5, 5.41) is 0.646. The summed E-state index contributed by atoms with van der Waals surface area (Å²) in [5.41, 5.74) is 7.11. The molecule has 0 aliphatic rings. The molecular formula is C36H51O2P. The Kier molecular flexibility index (Phi) is 13.7. The summed E-state index contributed by atoms with van der Waals surface area (Å²) in [5.74, 6) is 1.20. The number of hydrogen-bond acceptors (Lipinski definition) is 2. The topological polar surface area (TPSA) is 40.5 Å². The molecule has 0 aliphatic carbocycles. The summed E-state index contributed by atoms with van der Waals surface area (Å²) in [6, 6.07) is 23.4. The van der Waals surface area contributed by atoms with Crippen LogP contribution in [0.25, 0.3) is 22.3 Å². The van der Waals surface area contributed by atoms with E-state index >= 15 is 0 Å². The van der Waals surface area contributed by atoms with Crippen molar-refractivity contribution >= 4 is 13.7 Å². The van der Waals surface area contributed by atoms with Gasteiger partial charge in [-0.15, -0.1) is 0 Å². The average molecular weight is 547 g/mol. The van der Waals surface area contributed by atoms with Crippen molar-refractivity contribution in [3.63, 3.8) is 0 Å². The number of rotatable bonds is 17. The lowest BCUT2D eigenvalue weighted by Crippen LogP contribution is -2.10. The van der Waals surface area contributed by atoms with Crippen LogP contribution in [0.4, 0.5) is 0 Å². The van der Waals surface area contributed by atoms with E-state index in [2.05, 4.69) is 82.3 Å². The third-order valence-electron chi connectivity index (χ3n) is 8.09. The highest BCUT2D eigenvalue weighted by Crippen LogP contribution is 2.40. The van der Waals surface area contributed by atoms with E-state index in [1.165, 1.54) is 80.9 Å². The van der Waals surface area contributed by atoms with Crippen LogP contribution in [0.1, 0.15) is 103 Å². The molecule has 3 aromatic rings. The van der Waals surface area contributed by atoms with Gasteiger partial charge in [0, 0.05) is 10.9 Å². The van der Waals surface area contributed by atoms with Gasteiger partial charge in [0.15, 0.2) is 8.38 Å². The van der Waals surface area contributed by atoms with Gasteiger partial charge in [0.1, 0.15) is 0 Å². The normalized spacial score (nSPS) is 13.1. The van der Waals surface area contributed by atoms with Gasteiger partial charge in [-0.1, -0.05) is 153 Å². The number of benzene rings is 3. The average Bonchev–Trinajstić information content (AvgIpc) is 2.94. The summed E-state index contributed by atoms with van der Waals surface area (Å²) >= 11 is 0. The fourth-order valence-corrected chi connectivity index (χ4v) is 6.57. The van der Waals surface area contributed by atoms with Crippen molar-refractivity contribution in [3.05, 3.63) is 77.9 Å². The van der Waals surface area contributed by atoms with Crippen molar-refractivity contribution in [1.29, 1.82) is 0 Å². The number of unbranched alkanes of at least 4 members (excludes halogenated alkanes) is 6. The highest BCUT2D eigenvalue weighted by molar-refractivity contribution is 7.54. The number of hydrogen-bond donors (Lipinski definition) is 2. The predicted molar refractivity (Wildman–Crippen MR) is 172 cm³/mol. The van der Waals surface area contributed by atoms with Gasteiger partial charge in [0.25, 0.3) is 0 Å². The maximum atomic E-state index is 10.6. The zero-order chi connectivity index (χ0) is 28.0. The molecule has 39 heavy (non-hydrogen) atoms. The first kappa shape index (κ1) is 31.5. The van der Waals surface area contributed by atoms with Gasteiger partial charge in [-0.2, -0.15) is 0 Å². The molecule has 3 rings (SSSR count). The Hall–Kier alpha value is -1.99. The second-order valence-electron chi connectivity index (χ2n) is 11.6. The molecule has 2 unspecified atom stereocenters. The van der Waals surface area contributed by atoms with Crippen molar-refractivity contribution in [2.24, 2.45) is 11.8 Å². The molecule has 3 heteroatoms. The fourth-order valence-electron chi connectivity index (χ4n) is 5.91. The molecule has 0 fully saturated rings. The largest absolute Gasteiger partial charge is 0.347 e. The maximum Gasteiger partial charge on any atom is 0.200 e. The van der Waals surface area contributed by atoms with Crippen molar-refractivity contribution in [2.75, 3.05) is 0 Å². The van der Waals surface area contributed by atoms with Crippen LogP contribution in [0.15, 0.2) is 66.7 Å². The Labute approximate surface area is 239 Å². The lowest BCUT2D eigenvalue weighted by molar-refractivity contribution is 0.487. The molecule has 0 radical (unpaired) electrons. The van der Waals surface area contributed by atoms with Gasteiger partial charge in [-0.25, -0.2) is 0 Å². The molecule has 0 amide bonds. The van der Waals surface area contributed by atoms with E-state index in [-0.39, 0.29) is 0 Å². The van der Waals surface area contributed by atoms with Crippen LogP contribution in [-0.2, 0) is 12.8 Å². The van der Waals surface area contributed by atoms with Crippen molar-refractivity contribution in [3.8, 4) is 22.3 Å². The monoisotopic (exact) mass is 546 g/mol. The fraction of sp³-hybridized carbons (Fsp3) is 0.500. The molecule has 212 valence electrons. The zero-order valence-corrected chi connectivity index (χ0v) is 25.7. The minimum atomic E-state index is -2.23. The van der Waals surface area contributed by atoms with Gasteiger partial charge in [0.2, 0.25) is 0 Å². The Balaban J connectivity index is 1.98. The summed E-state index contributed by atoms with van der Waals surface area (Å²) in [6.07, 6.45) is 14.9. The highest BCUT2D eigenvalue weighted by atomic mass is 31.2. The van der Waals surface area contributed by atoms with Crippen molar-refractivity contribution in [2.45, 2.75) is 105 Å². The van der Waals surface area contributed by atoms with Gasteiger partial charge in [-0.3, -0.25) is 0 Å². The van der Waals surface area contributed by atoms with Crippen LogP contribution in [0.2, 0.25) is 0 Å². The lowest BCUT2D eigenvalue weighted by atomic mass is 9.85. The molecule has 0 saturated heterocycles. The highest BCUT2D eigenvalue weighted by Gasteiger charge is 2.21. The third-order valence-corrected chi connectivity index (χ3v) is 8.89. The smallest absolute Gasteiger partial charge is 0.200 e. The quantitative estimate of drug-likeness (QED) is 0.131.